The Balaban J connectivity index is 2.44. The molecule has 0 aromatic heterocycles. The van der Waals surface area contributed by atoms with Crippen LogP contribution in [0, 0.1) is 66.6 Å². The van der Waals surface area contributed by atoms with E-state index in [2.05, 4.69) is 0 Å². The smallest absolute Gasteiger partial charge is 0.342 e. The van der Waals surface area contributed by atoms with Gasteiger partial charge >= 0.3 is 11.9 Å². The quantitative estimate of drug-likeness (QED) is 0.113. The van der Waals surface area contributed by atoms with Gasteiger partial charge in [0.25, 0.3) is 34.1 Å². The Morgan fingerprint density at radius 1 is 0.674 bits per heavy atom. The maximum absolute atomic E-state index is 13.1. The molecule has 1 unspecified atom stereocenters. The molecule has 1 atom stereocenters. The lowest BCUT2D eigenvalue weighted by atomic mass is 9.89. The third-order valence-electron chi connectivity index (χ3n) is 6.35. The van der Waals surface area contributed by atoms with Crippen molar-refractivity contribution in [1.82, 2.24) is 0 Å². The highest BCUT2D eigenvalue weighted by Gasteiger charge is 2.46. The summed E-state index contributed by atoms with van der Waals surface area (Å²) in [6, 6.07) is 1.56. The molecule has 2 aromatic rings. The molecule has 0 radical (unpaired) electrons. The number of nitrogens with two attached hydrogens (primary N) is 2. The van der Waals surface area contributed by atoms with Crippen LogP contribution in [-0.4, -0.2) is 47.1 Å². The molecule has 0 spiro atoms. The second kappa shape index (κ2) is 14.4. The molecule has 0 bridgehead atoms. The summed E-state index contributed by atoms with van der Waals surface area (Å²) in [6.45, 7) is -0.833. The van der Waals surface area contributed by atoms with Gasteiger partial charge in [-0.2, -0.15) is 0 Å². The molecule has 0 amide bonds. The third-order valence-corrected chi connectivity index (χ3v) is 6.35. The Morgan fingerprint density at radius 2 is 1.02 bits per heavy atom. The molecule has 0 aliphatic heterocycles. The average molecular weight is 654 g/mol. The summed E-state index contributed by atoms with van der Waals surface area (Å²) >= 11 is 0. The SMILES string of the molecule is CCCCC(C(=O)OCc1c([N+](=O)[O-])cc([N+](=O)[O-])cc1[N+](=O)[O-])C(N)(N)C(=O)OCc1c([N+](=O)[O-])cc([N+](=O)[O-])cc1[N+](=O)[O-]. The van der Waals surface area contributed by atoms with Gasteiger partial charge in [-0.25, -0.2) is 4.79 Å². The lowest BCUT2D eigenvalue weighted by Crippen LogP contribution is -2.64. The molecule has 0 aliphatic rings. The summed E-state index contributed by atoms with van der Waals surface area (Å²) in [7, 11) is 0. The van der Waals surface area contributed by atoms with E-state index in [0.717, 1.165) is 0 Å². The van der Waals surface area contributed by atoms with Gasteiger partial charge in [-0.3, -0.25) is 65.5 Å². The number of carbonyl (C=O) groups is 2. The summed E-state index contributed by atoms with van der Waals surface area (Å²) in [4.78, 5) is 87.2. The van der Waals surface area contributed by atoms with E-state index in [4.69, 9.17) is 20.9 Å². The molecule has 0 heterocycles. The number of hydrogen-bond donors (Lipinski definition) is 2. The fraction of sp³-hybridized carbons (Fsp3) is 0.364. The molecule has 2 rings (SSSR count). The van der Waals surface area contributed by atoms with E-state index in [-0.39, 0.29) is 12.8 Å². The number of non-ortho nitro benzene ring substituents is 2. The van der Waals surface area contributed by atoms with Crippen molar-refractivity contribution < 1.29 is 48.6 Å². The van der Waals surface area contributed by atoms with Crippen LogP contribution in [0.5, 0.6) is 0 Å². The normalized spacial score (nSPS) is 11.6. The van der Waals surface area contributed by atoms with Crippen LogP contribution in [0.2, 0.25) is 0 Å². The predicted molar refractivity (Wildman–Crippen MR) is 147 cm³/mol. The number of nitro benzene ring substituents is 6. The van der Waals surface area contributed by atoms with Crippen molar-refractivity contribution in [3.05, 3.63) is 96.1 Å². The zero-order chi connectivity index (χ0) is 35.1. The average Bonchev–Trinajstić information content (AvgIpc) is 2.97. The maximum Gasteiger partial charge on any atom is 0.342 e. The van der Waals surface area contributed by atoms with Gasteiger partial charge in [0.05, 0.1) is 59.7 Å². The van der Waals surface area contributed by atoms with E-state index < -0.39 is 112 Å². The van der Waals surface area contributed by atoms with Crippen LogP contribution in [-0.2, 0) is 32.3 Å². The molecule has 46 heavy (non-hydrogen) atoms. The first-order valence-corrected chi connectivity index (χ1v) is 12.5. The minimum Gasteiger partial charge on any atom is -0.460 e. The Labute approximate surface area is 253 Å². The molecule has 24 heteroatoms. The Kier molecular flexibility index (Phi) is 11.3. The van der Waals surface area contributed by atoms with Gasteiger partial charge in [-0.1, -0.05) is 19.8 Å². The zero-order valence-electron chi connectivity index (χ0n) is 23.3. The summed E-state index contributed by atoms with van der Waals surface area (Å²) < 4.78 is 9.85. The number of ether oxygens (including phenoxy) is 2. The highest BCUT2D eigenvalue weighted by atomic mass is 16.7. The largest absolute Gasteiger partial charge is 0.460 e. The van der Waals surface area contributed by atoms with Crippen molar-refractivity contribution in [3.63, 3.8) is 0 Å². The number of rotatable bonds is 16. The molecule has 0 aliphatic carbocycles. The molecule has 0 saturated carbocycles. The predicted octanol–water partition coefficient (Wildman–Crippen LogP) is 2.34. The minimum atomic E-state index is -2.84. The van der Waals surface area contributed by atoms with Gasteiger partial charge in [-0.15, -0.1) is 0 Å². The first-order chi connectivity index (χ1) is 21.3. The van der Waals surface area contributed by atoms with E-state index in [9.17, 15) is 70.3 Å². The summed E-state index contributed by atoms with van der Waals surface area (Å²) in [6.07, 6.45) is 0.190. The van der Waals surface area contributed by atoms with Crippen molar-refractivity contribution in [2.75, 3.05) is 0 Å². The van der Waals surface area contributed by atoms with Crippen molar-refractivity contribution in [2.45, 2.75) is 45.1 Å². The van der Waals surface area contributed by atoms with E-state index >= 15 is 0 Å². The van der Waals surface area contributed by atoms with Crippen LogP contribution in [0.3, 0.4) is 0 Å². The van der Waals surface area contributed by atoms with E-state index in [1.165, 1.54) is 0 Å². The number of nitro groups is 6. The topological polar surface area (TPSA) is 363 Å². The van der Waals surface area contributed by atoms with Crippen LogP contribution in [0.25, 0.3) is 0 Å². The molecule has 0 saturated heterocycles. The van der Waals surface area contributed by atoms with Crippen LogP contribution in [0.15, 0.2) is 24.3 Å². The molecule has 2 aromatic carbocycles. The molecule has 0 fully saturated rings. The lowest BCUT2D eigenvalue weighted by Gasteiger charge is -2.30. The van der Waals surface area contributed by atoms with Gasteiger partial charge in [-0.05, 0) is 6.42 Å². The summed E-state index contributed by atoms with van der Waals surface area (Å²) in [5, 5.41) is 68.2. The highest BCUT2D eigenvalue weighted by Crippen LogP contribution is 2.36. The van der Waals surface area contributed by atoms with Gasteiger partial charge in [0.1, 0.15) is 24.3 Å². The number of carbonyl (C=O) groups excluding carboxylic acids is 2. The number of hydrogen-bond acceptors (Lipinski definition) is 18. The molecule has 246 valence electrons. The fourth-order valence-electron chi connectivity index (χ4n) is 4.02. The first kappa shape index (κ1) is 35.9. The molecule has 4 N–H and O–H groups in total. The number of esters is 2. The van der Waals surface area contributed by atoms with E-state index in [1.54, 1.807) is 6.92 Å². The number of nitrogens with zero attached hydrogens (tertiary/aromatic N) is 6. The zero-order valence-corrected chi connectivity index (χ0v) is 23.3. The van der Waals surface area contributed by atoms with Gasteiger partial charge in [0.15, 0.2) is 5.66 Å². The lowest BCUT2D eigenvalue weighted by molar-refractivity contribution is -0.404. The van der Waals surface area contributed by atoms with E-state index in [0.29, 0.717) is 30.7 Å². The summed E-state index contributed by atoms with van der Waals surface area (Å²) in [5.74, 6) is -4.96. The standard InChI is InChI=1S/C22H22N8O16/c1-2-3-4-15(20(31)45-9-13-16(27(37)38)5-11(25(33)34)6-17(13)28(39)40)22(23,24)21(32)46-10-14-18(29(41)42)7-12(26(35)36)8-19(14)30(43)44/h5-8,15H,2-4,9-10,23-24H2,1H3. The first-order valence-electron chi connectivity index (χ1n) is 12.5. The van der Waals surface area contributed by atoms with Crippen molar-refractivity contribution in [2.24, 2.45) is 17.4 Å². The highest BCUT2D eigenvalue weighted by molar-refractivity contribution is 5.88. The van der Waals surface area contributed by atoms with Crippen molar-refractivity contribution in [1.29, 1.82) is 0 Å². The number of unbranched alkanes of at least 4 members (excludes halogenated alkanes) is 1. The molecule has 24 nitrogen and oxygen atoms in total. The third kappa shape index (κ3) is 7.99. The van der Waals surface area contributed by atoms with Crippen LogP contribution in [0.1, 0.15) is 37.3 Å². The Morgan fingerprint density at radius 3 is 1.33 bits per heavy atom. The van der Waals surface area contributed by atoms with Crippen LogP contribution >= 0.6 is 0 Å². The molecular formula is C22H22N8O16. The second-order valence-corrected chi connectivity index (χ2v) is 9.28. The van der Waals surface area contributed by atoms with Crippen molar-refractivity contribution >= 4 is 46.1 Å². The van der Waals surface area contributed by atoms with Crippen LogP contribution in [0.4, 0.5) is 34.1 Å². The van der Waals surface area contributed by atoms with Gasteiger partial charge in [0.2, 0.25) is 0 Å². The second-order valence-electron chi connectivity index (χ2n) is 9.28. The minimum absolute atomic E-state index is 0.139. The monoisotopic (exact) mass is 654 g/mol. The Hall–Kier alpha value is -6.30. The summed E-state index contributed by atoms with van der Waals surface area (Å²) in [5.41, 5.74) is 0.571. The fourth-order valence-corrected chi connectivity index (χ4v) is 4.02. The maximum atomic E-state index is 13.1. The number of benzene rings is 2. The molecular weight excluding hydrogens is 632 g/mol. The van der Waals surface area contributed by atoms with Crippen molar-refractivity contribution in [3.8, 4) is 0 Å². The van der Waals surface area contributed by atoms with E-state index in [1.807, 2.05) is 0 Å². The van der Waals surface area contributed by atoms with Gasteiger partial charge < -0.3 is 20.9 Å². The van der Waals surface area contributed by atoms with Gasteiger partial charge in [0, 0.05) is 0 Å². The van der Waals surface area contributed by atoms with Crippen LogP contribution < -0.4 is 11.5 Å². The Bertz CT molecular complexity index is 1570.